The van der Waals surface area contributed by atoms with Gasteiger partial charge >= 0.3 is 5.97 Å². The summed E-state index contributed by atoms with van der Waals surface area (Å²) in [7, 11) is 0. The number of amides is 2. The molecule has 2 N–H and O–H groups in total. The van der Waals surface area contributed by atoms with Gasteiger partial charge in [-0.1, -0.05) is 33.1 Å². The Bertz CT molecular complexity index is 749. The highest BCUT2D eigenvalue weighted by Gasteiger charge is 2.79. The summed E-state index contributed by atoms with van der Waals surface area (Å²) >= 11 is 0. The molecule has 0 radical (unpaired) electrons. The third kappa shape index (κ3) is 3.36. The number of likely N-dealkylation sites (tertiary alicyclic amines) is 1. The fraction of sp³-hybridized carbons (Fsp3) is 0.875. The Balaban J connectivity index is 1.74. The van der Waals surface area contributed by atoms with Crippen LogP contribution in [0.15, 0.2) is 0 Å². The minimum atomic E-state index is -1.05. The molecule has 0 aromatic heterocycles. The molecule has 2 unspecified atom stereocenters. The van der Waals surface area contributed by atoms with E-state index in [1.54, 1.807) is 11.8 Å². The Morgan fingerprint density at radius 3 is 2.53 bits per heavy atom. The van der Waals surface area contributed by atoms with Crippen LogP contribution in [0.3, 0.4) is 0 Å². The number of aliphatic hydroxyl groups excluding tert-OH is 1. The van der Waals surface area contributed by atoms with E-state index in [0.717, 1.165) is 25.7 Å². The molecule has 2 amide bonds. The van der Waals surface area contributed by atoms with E-state index in [0.29, 0.717) is 25.7 Å². The number of hydrogen-bond acceptors (Lipinski definition) is 6. The summed E-state index contributed by atoms with van der Waals surface area (Å²) in [6, 6.07) is -1.24. The standard InChI is InChI=1S/C24H38N2O6/c1-4-16(14-27)26-19(20(28)25-15-10-8-7-9-11-15)24-13-12-23(5-2,32-24)18(17(24)21(26)29)22(30)31-6-3/h15-19,27H,4-14H2,1-3H3,(H,25,28)/t16-,17-,18+,19?,23-,24?/m0/s1. The zero-order valence-corrected chi connectivity index (χ0v) is 19.6. The van der Waals surface area contributed by atoms with Crippen LogP contribution in [0.4, 0.5) is 0 Å². The Morgan fingerprint density at radius 1 is 1.22 bits per heavy atom. The molecule has 3 saturated heterocycles. The van der Waals surface area contributed by atoms with Crippen LogP contribution in [0.5, 0.6) is 0 Å². The lowest BCUT2D eigenvalue weighted by Crippen LogP contribution is -2.59. The largest absolute Gasteiger partial charge is 0.466 e. The first-order valence-corrected chi connectivity index (χ1v) is 12.5. The topological polar surface area (TPSA) is 105 Å². The van der Waals surface area contributed by atoms with Crippen molar-refractivity contribution in [2.75, 3.05) is 13.2 Å². The highest BCUT2D eigenvalue weighted by atomic mass is 16.6. The summed E-state index contributed by atoms with van der Waals surface area (Å²) in [6.07, 6.45) is 7.48. The number of hydrogen-bond donors (Lipinski definition) is 2. The fourth-order valence-electron chi connectivity index (χ4n) is 6.88. The van der Waals surface area contributed by atoms with Crippen LogP contribution >= 0.6 is 0 Å². The minimum Gasteiger partial charge on any atom is -0.466 e. The highest BCUT2D eigenvalue weighted by molar-refractivity contribution is 5.98. The van der Waals surface area contributed by atoms with Gasteiger partial charge < -0.3 is 24.8 Å². The Hall–Kier alpha value is -1.67. The number of nitrogens with one attached hydrogen (secondary N) is 1. The van der Waals surface area contributed by atoms with Gasteiger partial charge in [0.2, 0.25) is 11.8 Å². The van der Waals surface area contributed by atoms with Crippen LogP contribution in [0, 0.1) is 11.8 Å². The monoisotopic (exact) mass is 450 g/mol. The van der Waals surface area contributed by atoms with Gasteiger partial charge in [0.1, 0.15) is 17.6 Å². The molecule has 4 aliphatic rings. The SMILES string of the molecule is CCOC(=O)[C@H]1[C@H]2C(=O)N([C@@H](CC)CO)C(C(=O)NC3CCCCC3)C23CC[C@]1(CC)O3. The van der Waals surface area contributed by atoms with Crippen LogP contribution in [0.2, 0.25) is 0 Å². The van der Waals surface area contributed by atoms with Crippen molar-refractivity contribution in [3.8, 4) is 0 Å². The lowest BCUT2D eigenvalue weighted by molar-refractivity contribution is -0.162. The van der Waals surface area contributed by atoms with Crippen molar-refractivity contribution in [2.24, 2.45) is 11.8 Å². The summed E-state index contributed by atoms with van der Waals surface area (Å²) in [5.74, 6) is -2.36. The van der Waals surface area contributed by atoms with Crippen LogP contribution < -0.4 is 5.32 Å². The smallest absolute Gasteiger partial charge is 0.312 e. The molecule has 4 rings (SSSR count). The number of nitrogens with zero attached hydrogens (tertiary/aromatic N) is 1. The number of carbonyl (C=O) groups is 3. The van der Waals surface area contributed by atoms with Crippen molar-refractivity contribution in [3.05, 3.63) is 0 Å². The van der Waals surface area contributed by atoms with Crippen molar-refractivity contribution in [2.45, 2.75) is 108 Å². The van der Waals surface area contributed by atoms with Crippen molar-refractivity contribution >= 4 is 17.8 Å². The molecule has 0 aromatic carbocycles. The summed E-state index contributed by atoms with van der Waals surface area (Å²) < 4.78 is 12.0. The maximum atomic E-state index is 13.9. The van der Waals surface area contributed by atoms with Crippen molar-refractivity contribution < 1.29 is 29.0 Å². The summed E-state index contributed by atoms with van der Waals surface area (Å²) in [5.41, 5.74) is -1.82. The van der Waals surface area contributed by atoms with E-state index < -0.39 is 41.1 Å². The Kier molecular flexibility index (Phi) is 6.56. The van der Waals surface area contributed by atoms with Gasteiger partial charge in [0, 0.05) is 6.04 Å². The summed E-state index contributed by atoms with van der Waals surface area (Å²) in [4.78, 5) is 42.2. The van der Waals surface area contributed by atoms with Crippen molar-refractivity contribution in [1.29, 1.82) is 0 Å². The van der Waals surface area contributed by atoms with Crippen molar-refractivity contribution in [3.63, 3.8) is 0 Å². The van der Waals surface area contributed by atoms with Gasteiger partial charge in [0.25, 0.3) is 0 Å². The molecule has 1 saturated carbocycles. The number of rotatable bonds is 8. The molecular formula is C24H38N2O6. The van der Waals surface area contributed by atoms with Gasteiger partial charge in [0.05, 0.1) is 30.8 Å². The van der Waals surface area contributed by atoms with Gasteiger partial charge in [-0.25, -0.2) is 0 Å². The summed E-state index contributed by atoms with van der Waals surface area (Å²) in [5, 5.41) is 13.2. The predicted octanol–water partition coefficient (Wildman–Crippen LogP) is 1.92. The van der Waals surface area contributed by atoms with Crippen LogP contribution in [-0.4, -0.2) is 70.3 Å². The van der Waals surface area contributed by atoms with E-state index >= 15 is 0 Å². The second-order valence-electron chi connectivity index (χ2n) is 9.92. The van der Waals surface area contributed by atoms with E-state index in [1.807, 2.05) is 13.8 Å². The molecule has 0 aromatic rings. The first-order chi connectivity index (χ1) is 15.4. The Morgan fingerprint density at radius 2 is 1.94 bits per heavy atom. The molecule has 32 heavy (non-hydrogen) atoms. The maximum Gasteiger partial charge on any atom is 0.312 e. The normalized spacial score (nSPS) is 37.4. The van der Waals surface area contributed by atoms with Crippen LogP contribution in [-0.2, 0) is 23.9 Å². The van der Waals surface area contributed by atoms with Crippen LogP contribution in [0.1, 0.15) is 78.6 Å². The number of ether oxygens (including phenoxy) is 2. The number of esters is 1. The molecule has 8 heteroatoms. The van der Waals surface area contributed by atoms with E-state index in [9.17, 15) is 19.5 Å². The second-order valence-corrected chi connectivity index (χ2v) is 9.92. The fourth-order valence-corrected chi connectivity index (χ4v) is 6.88. The van der Waals surface area contributed by atoms with Gasteiger partial charge in [-0.05, 0) is 45.4 Å². The van der Waals surface area contributed by atoms with Gasteiger partial charge in [-0.3, -0.25) is 14.4 Å². The minimum absolute atomic E-state index is 0.0949. The van der Waals surface area contributed by atoms with Gasteiger partial charge in [-0.15, -0.1) is 0 Å². The lowest BCUT2D eigenvalue weighted by atomic mass is 9.65. The zero-order valence-electron chi connectivity index (χ0n) is 19.6. The number of carbonyl (C=O) groups excluding carboxylic acids is 3. The quantitative estimate of drug-likeness (QED) is 0.548. The van der Waals surface area contributed by atoms with Gasteiger partial charge in [0.15, 0.2) is 0 Å². The first kappa shape index (κ1) is 23.5. The Labute approximate surface area is 190 Å². The molecule has 4 fully saturated rings. The molecule has 180 valence electrons. The molecule has 1 spiro atoms. The predicted molar refractivity (Wildman–Crippen MR) is 116 cm³/mol. The third-order valence-electron chi connectivity index (χ3n) is 8.43. The highest BCUT2D eigenvalue weighted by Crippen LogP contribution is 2.64. The molecular weight excluding hydrogens is 412 g/mol. The lowest BCUT2D eigenvalue weighted by Gasteiger charge is -2.38. The van der Waals surface area contributed by atoms with E-state index in [-0.39, 0.29) is 31.1 Å². The average Bonchev–Trinajstić information content (AvgIpc) is 3.40. The zero-order chi connectivity index (χ0) is 23.1. The molecule has 3 heterocycles. The average molecular weight is 451 g/mol. The molecule has 8 nitrogen and oxygen atoms in total. The third-order valence-corrected chi connectivity index (χ3v) is 8.43. The second kappa shape index (κ2) is 8.93. The van der Waals surface area contributed by atoms with E-state index in [1.165, 1.54) is 6.42 Å². The molecule has 2 bridgehead atoms. The van der Waals surface area contributed by atoms with Crippen molar-refractivity contribution in [1.82, 2.24) is 10.2 Å². The first-order valence-electron chi connectivity index (χ1n) is 12.5. The van der Waals surface area contributed by atoms with Gasteiger partial charge in [-0.2, -0.15) is 0 Å². The number of fused-ring (bicyclic) bond motifs is 1. The van der Waals surface area contributed by atoms with E-state index in [4.69, 9.17) is 9.47 Å². The summed E-state index contributed by atoms with van der Waals surface area (Å²) in [6.45, 7) is 5.61. The number of aliphatic hydroxyl groups is 1. The van der Waals surface area contributed by atoms with Crippen LogP contribution in [0.25, 0.3) is 0 Å². The molecule has 6 atom stereocenters. The molecule has 1 aliphatic carbocycles. The molecule has 3 aliphatic heterocycles. The van der Waals surface area contributed by atoms with E-state index in [2.05, 4.69) is 5.32 Å². The maximum absolute atomic E-state index is 13.9.